The van der Waals surface area contributed by atoms with Crippen LogP contribution in [0, 0.1) is 11.3 Å². The zero-order valence-electron chi connectivity index (χ0n) is 11.8. The van der Waals surface area contributed by atoms with Crippen LogP contribution in [0.5, 0.6) is 5.75 Å². The van der Waals surface area contributed by atoms with Gasteiger partial charge in [0.1, 0.15) is 10.6 Å². The van der Waals surface area contributed by atoms with Crippen molar-refractivity contribution >= 4 is 10.1 Å². The maximum atomic E-state index is 12.2. The van der Waals surface area contributed by atoms with Gasteiger partial charge in [0.15, 0.2) is 0 Å². The molecule has 0 saturated carbocycles. The standard InChI is InChI=1S/C16H15NO3S/c1-12(2)14-4-3-5-15(10-14)20-21(18,19)16-8-6-13(11-17)7-9-16/h3-10,12H,1-2H3. The molecular weight excluding hydrogens is 286 g/mol. The Balaban J connectivity index is 2.28. The average molecular weight is 301 g/mol. The van der Waals surface area contributed by atoms with E-state index in [1.807, 2.05) is 26.0 Å². The van der Waals surface area contributed by atoms with Gasteiger partial charge in [-0.1, -0.05) is 26.0 Å². The highest BCUT2D eigenvalue weighted by Crippen LogP contribution is 2.23. The number of nitriles is 1. The van der Waals surface area contributed by atoms with Crippen molar-refractivity contribution in [1.82, 2.24) is 0 Å². The Morgan fingerprint density at radius 1 is 1.10 bits per heavy atom. The van der Waals surface area contributed by atoms with Gasteiger partial charge in [-0.25, -0.2) is 0 Å². The third-order valence-electron chi connectivity index (χ3n) is 3.00. The summed E-state index contributed by atoms with van der Waals surface area (Å²) in [4.78, 5) is 0.0245. The van der Waals surface area contributed by atoms with Crippen LogP contribution in [0.4, 0.5) is 0 Å². The van der Waals surface area contributed by atoms with E-state index in [4.69, 9.17) is 9.44 Å². The van der Waals surface area contributed by atoms with Crippen LogP contribution in [-0.4, -0.2) is 8.42 Å². The van der Waals surface area contributed by atoms with Crippen LogP contribution < -0.4 is 4.18 Å². The second-order valence-corrected chi connectivity index (χ2v) is 6.45. The summed E-state index contributed by atoms with van der Waals surface area (Å²) in [5.41, 5.74) is 1.40. The molecule has 21 heavy (non-hydrogen) atoms. The molecule has 4 nitrogen and oxygen atoms in total. The quantitative estimate of drug-likeness (QED) is 0.811. The maximum Gasteiger partial charge on any atom is 0.339 e. The van der Waals surface area contributed by atoms with E-state index in [0.29, 0.717) is 5.56 Å². The molecular formula is C16H15NO3S. The highest BCUT2D eigenvalue weighted by molar-refractivity contribution is 7.87. The molecule has 0 aliphatic carbocycles. The van der Waals surface area contributed by atoms with Crippen molar-refractivity contribution in [2.24, 2.45) is 0 Å². The zero-order valence-corrected chi connectivity index (χ0v) is 12.6. The number of hydrogen-bond donors (Lipinski definition) is 0. The summed E-state index contributed by atoms with van der Waals surface area (Å²) in [5, 5.41) is 8.72. The minimum absolute atomic E-state index is 0.0245. The van der Waals surface area contributed by atoms with E-state index >= 15 is 0 Å². The predicted octanol–water partition coefficient (Wildman–Crippen LogP) is 3.45. The fraction of sp³-hybridized carbons (Fsp3) is 0.188. The van der Waals surface area contributed by atoms with Gasteiger partial charge in [0.2, 0.25) is 0 Å². The van der Waals surface area contributed by atoms with Crippen LogP contribution >= 0.6 is 0 Å². The number of hydrogen-bond acceptors (Lipinski definition) is 4. The van der Waals surface area contributed by atoms with Gasteiger partial charge in [0.25, 0.3) is 0 Å². The molecule has 0 aromatic heterocycles. The summed E-state index contributed by atoms with van der Waals surface area (Å²) in [6.07, 6.45) is 0. The van der Waals surface area contributed by atoms with Crippen molar-refractivity contribution in [3.63, 3.8) is 0 Å². The Labute approximate surface area is 124 Å². The largest absolute Gasteiger partial charge is 0.379 e. The molecule has 0 aliphatic rings. The molecule has 0 unspecified atom stereocenters. The van der Waals surface area contributed by atoms with Gasteiger partial charge in [-0.3, -0.25) is 0 Å². The first-order chi connectivity index (χ1) is 9.92. The van der Waals surface area contributed by atoms with Crippen LogP contribution in [-0.2, 0) is 10.1 Å². The molecule has 0 fully saturated rings. The number of benzene rings is 2. The fourth-order valence-corrected chi connectivity index (χ4v) is 2.72. The van der Waals surface area contributed by atoms with Crippen molar-refractivity contribution in [3.05, 3.63) is 59.7 Å². The molecule has 0 atom stereocenters. The van der Waals surface area contributed by atoms with Gasteiger partial charge in [0.05, 0.1) is 11.6 Å². The van der Waals surface area contributed by atoms with E-state index in [0.717, 1.165) is 5.56 Å². The number of nitrogens with zero attached hydrogens (tertiary/aromatic N) is 1. The molecule has 5 heteroatoms. The third kappa shape index (κ3) is 3.61. The highest BCUT2D eigenvalue weighted by atomic mass is 32.2. The van der Waals surface area contributed by atoms with E-state index in [1.165, 1.54) is 24.3 Å². The van der Waals surface area contributed by atoms with Crippen LogP contribution in [0.15, 0.2) is 53.4 Å². The van der Waals surface area contributed by atoms with E-state index < -0.39 is 10.1 Å². The smallest absolute Gasteiger partial charge is 0.339 e. The molecule has 2 aromatic rings. The zero-order chi connectivity index (χ0) is 15.5. The van der Waals surface area contributed by atoms with Crippen molar-refractivity contribution in [2.45, 2.75) is 24.7 Å². The summed E-state index contributed by atoms with van der Waals surface area (Å²) in [6, 6.07) is 14.6. The molecule has 2 rings (SSSR count). The Morgan fingerprint density at radius 2 is 1.76 bits per heavy atom. The van der Waals surface area contributed by atoms with Crippen molar-refractivity contribution in [2.75, 3.05) is 0 Å². The van der Waals surface area contributed by atoms with E-state index in [9.17, 15) is 8.42 Å². The third-order valence-corrected chi connectivity index (χ3v) is 4.26. The van der Waals surface area contributed by atoms with Gasteiger partial charge in [-0.15, -0.1) is 0 Å². The van der Waals surface area contributed by atoms with Crippen LogP contribution in [0.3, 0.4) is 0 Å². The lowest BCUT2D eigenvalue weighted by Gasteiger charge is -2.10. The van der Waals surface area contributed by atoms with Crippen molar-refractivity contribution in [1.29, 1.82) is 5.26 Å². The highest BCUT2D eigenvalue weighted by Gasteiger charge is 2.17. The molecule has 0 aliphatic heterocycles. The van der Waals surface area contributed by atoms with Gasteiger partial charge in [-0.2, -0.15) is 13.7 Å². The minimum atomic E-state index is -3.89. The molecule has 0 amide bonds. The van der Waals surface area contributed by atoms with Gasteiger partial charge >= 0.3 is 10.1 Å². The van der Waals surface area contributed by atoms with E-state index in [-0.39, 0.29) is 16.6 Å². The molecule has 0 radical (unpaired) electrons. The second kappa shape index (κ2) is 5.98. The molecule has 2 aromatic carbocycles. The maximum absolute atomic E-state index is 12.2. The molecule has 108 valence electrons. The van der Waals surface area contributed by atoms with E-state index in [1.54, 1.807) is 18.2 Å². The van der Waals surface area contributed by atoms with Crippen LogP contribution in [0.25, 0.3) is 0 Å². The normalized spacial score (nSPS) is 11.1. The molecule has 0 spiro atoms. The minimum Gasteiger partial charge on any atom is -0.379 e. The fourth-order valence-electron chi connectivity index (χ4n) is 1.80. The van der Waals surface area contributed by atoms with Crippen molar-refractivity contribution in [3.8, 4) is 11.8 Å². The molecule has 0 N–H and O–H groups in total. The monoisotopic (exact) mass is 301 g/mol. The topological polar surface area (TPSA) is 67.2 Å². The summed E-state index contributed by atoms with van der Waals surface area (Å²) in [7, 11) is -3.89. The van der Waals surface area contributed by atoms with Gasteiger partial charge in [0, 0.05) is 0 Å². The van der Waals surface area contributed by atoms with Gasteiger partial charge < -0.3 is 4.18 Å². The molecule has 0 saturated heterocycles. The van der Waals surface area contributed by atoms with Crippen LogP contribution in [0.2, 0.25) is 0 Å². The molecule has 0 heterocycles. The predicted molar refractivity (Wildman–Crippen MR) is 79.5 cm³/mol. The first-order valence-corrected chi connectivity index (χ1v) is 7.88. The lowest BCUT2D eigenvalue weighted by molar-refractivity contribution is 0.485. The Morgan fingerprint density at radius 3 is 2.33 bits per heavy atom. The first-order valence-electron chi connectivity index (χ1n) is 6.47. The lowest BCUT2D eigenvalue weighted by atomic mass is 10.0. The SMILES string of the molecule is CC(C)c1cccc(OS(=O)(=O)c2ccc(C#N)cc2)c1. The van der Waals surface area contributed by atoms with E-state index in [2.05, 4.69) is 0 Å². The first kappa shape index (κ1) is 15.1. The Kier molecular flexibility index (Phi) is 4.29. The van der Waals surface area contributed by atoms with Gasteiger partial charge in [-0.05, 0) is 47.9 Å². The van der Waals surface area contributed by atoms with Crippen LogP contribution in [0.1, 0.15) is 30.9 Å². The Hall–Kier alpha value is -2.32. The average Bonchev–Trinajstić information content (AvgIpc) is 2.47. The summed E-state index contributed by atoms with van der Waals surface area (Å²) in [6.45, 7) is 4.04. The van der Waals surface area contributed by atoms with Crippen molar-refractivity contribution < 1.29 is 12.6 Å². The summed E-state index contributed by atoms with van der Waals surface area (Å²) >= 11 is 0. The summed E-state index contributed by atoms with van der Waals surface area (Å²) in [5.74, 6) is 0.566. The second-order valence-electron chi connectivity index (χ2n) is 4.90. The Bertz CT molecular complexity index is 772. The number of rotatable bonds is 4. The lowest BCUT2D eigenvalue weighted by Crippen LogP contribution is -2.09. The summed E-state index contributed by atoms with van der Waals surface area (Å²) < 4.78 is 29.5. The molecule has 0 bridgehead atoms.